The number of aliphatic carboxylic acids is 1. The highest BCUT2D eigenvalue weighted by atomic mass is 16.4. The minimum atomic E-state index is -1.03. The van der Waals surface area contributed by atoms with E-state index in [0.717, 1.165) is 0 Å². The van der Waals surface area contributed by atoms with Gasteiger partial charge in [-0.1, -0.05) is 6.92 Å². The standard InChI is InChI=1S/C12H21N3O4/c1-3-10(11(17)18)13-12(19)15-6-4-5-14(7-8-15)9(2)16/h10H,3-8H2,1-2H3,(H,13,19)(H,17,18). The van der Waals surface area contributed by atoms with E-state index >= 15 is 0 Å². The molecule has 0 aromatic rings. The molecule has 1 aliphatic heterocycles. The van der Waals surface area contributed by atoms with E-state index in [9.17, 15) is 14.4 Å². The Balaban J connectivity index is 2.53. The van der Waals surface area contributed by atoms with Crippen molar-refractivity contribution in [1.82, 2.24) is 15.1 Å². The van der Waals surface area contributed by atoms with Crippen LogP contribution in [0.3, 0.4) is 0 Å². The second kappa shape index (κ2) is 6.96. The maximum Gasteiger partial charge on any atom is 0.326 e. The zero-order valence-electron chi connectivity index (χ0n) is 11.4. The average molecular weight is 271 g/mol. The lowest BCUT2D eigenvalue weighted by atomic mass is 10.2. The zero-order chi connectivity index (χ0) is 14.4. The first-order valence-corrected chi connectivity index (χ1v) is 6.49. The van der Waals surface area contributed by atoms with E-state index in [-0.39, 0.29) is 11.9 Å². The molecule has 0 aromatic carbocycles. The Morgan fingerprint density at radius 2 is 1.74 bits per heavy atom. The van der Waals surface area contributed by atoms with Crippen LogP contribution in [-0.4, -0.2) is 65.0 Å². The van der Waals surface area contributed by atoms with Gasteiger partial charge in [-0.15, -0.1) is 0 Å². The van der Waals surface area contributed by atoms with Crippen LogP contribution in [0.2, 0.25) is 0 Å². The molecule has 1 saturated heterocycles. The first-order valence-electron chi connectivity index (χ1n) is 6.49. The molecular weight excluding hydrogens is 250 g/mol. The number of hydrogen-bond donors (Lipinski definition) is 2. The maximum atomic E-state index is 11.9. The lowest BCUT2D eigenvalue weighted by molar-refractivity contribution is -0.139. The first-order chi connectivity index (χ1) is 8.95. The minimum absolute atomic E-state index is 0.000714. The summed E-state index contributed by atoms with van der Waals surface area (Å²) in [5, 5.41) is 11.4. The predicted octanol–water partition coefficient (Wildman–Crippen LogP) is 0.113. The number of carboxylic acid groups (broad SMARTS) is 1. The molecule has 108 valence electrons. The fourth-order valence-electron chi connectivity index (χ4n) is 2.01. The fourth-order valence-corrected chi connectivity index (χ4v) is 2.01. The lowest BCUT2D eigenvalue weighted by Gasteiger charge is -2.23. The second-order valence-corrected chi connectivity index (χ2v) is 4.60. The van der Waals surface area contributed by atoms with E-state index in [1.807, 2.05) is 0 Å². The smallest absolute Gasteiger partial charge is 0.326 e. The Bertz CT molecular complexity index is 359. The third-order valence-corrected chi connectivity index (χ3v) is 3.23. The largest absolute Gasteiger partial charge is 0.480 e. The third kappa shape index (κ3) is 4.42. The van der Waals surface area contributed by atoms with Crippen LogP contribution in [0.15, 0.2) is 0 Å². The van der Waals surface area contributed by atoms with Crippen molar-refractivity contribution in [3.05, 3.63) is 0 Å². The van der Waals surface area contributed by atoms with E-state index in [1.54, 1.807) is 16.7 Å². The van der Waals surface area contributed by atoms with Crippen molar-refractivity contribution in [3.63, 3.8) is 0 Å². The van der Waals surface area contributed by atoms with Gasteiger partial charge < -0.3 is 20.2 Å². The van der Waals surface area contributed by atoms with E-state index in [2.05, 4.69) is 5.32 Å². The van der Waals surface area contributed by atoms with Gasteiger partial charge in [0.25, 0.3) is 0 Å². The van der Waals surface area contributed by atoms with Gasteiger partial charge in [0.15, 0.2) is 0 Å². The highest BCUT2D eigenvalue weighted by Gasteiger charge is 2.24. The number of nitrogens with one attached hydrogen (secondary N) is 1. The fraction of sp³-hybridized carbons (Fsp3) is 0.750. The minimum Gasteiger partial charge on any atom is -0.480 e. The Hall–Kier alpha value is -1.79. The predicted molar refractivity (Wildman–Crippen MR) is 68.7 cm³/mol. The normalized spacial score (nSPS) is 17.6. The molecule has 7 nitrogen and oxygen atoms in total. The molecule has 1 aliphatic rings. The van der Waals surface area contributed by atoms with Crippen LogP contribution in [0.5, 0.6) is 0 Å². The van der Waals surface area contributed by atoms with E-state index in [1.165, 1.54) is 6.92 Å². The van der Waals surface area contributed by atoms with Gasteiger partial charge in [-0.05, 0) is 12.8 Å². The summed E-state index contributed by atoms with van der Waals surface area (Å²) in [6.07, 6.45) is 1.05. The highest BCUT2D eigenvalue weighted by molar-refractivity contribution is 5.82. The van der Waals surface area contributed by atoms with Crippen molar-refractivity contribution in [2.45, 2.75) is 32.7 Å². The van der Waals surface area contributed by atoms with Crippen molar-refractivity contribution in [1.29, 1.82) is 0 Å². The van der Waals surface area contributed by atoms with E-state index in [0.29, 0.717) is 39.0 Å². The molecule has 1 unspecified atom stereocenters. The molecule has 1 atom stereocenters. The summed E-state index contributed by atoms with van der Waals surface area (Å²) >= 11 is 0. The van der Waals surface area contributed by atoms with Gasteiger partial charge in [0, 0.05) is 33.1 Å². The molecule has 1 fully saturated rings. The summed E-state index contributed by atoms with van der Waals surface area (Å²) in [5.41, 5.74) is 0. The van der Waals surface area contributed by atoms with Crippen molar-refractivity contribution in [2.24, 2.45) is 0 Å². The van der Waals surface area contributed by atoms with Gasteiger partial charge >= 0.3 is 12.0 Å². The molecule has 2 N–H and O–H groups in total. The molecule has 0 spiro atoms. The number of rotatable bonds is 3. The molecule has 1 heterocycles. The van der Waals surface area contributed by atoms with Crippen LogP contribution in [0.1, 0.15) is 26.7 Å². The van der Waals surface area contributed by atoms with Gasteiger partial charge in [-0.2, -0.15) is 0 Å². The summed E-state index contributed by atoms with van der Waals surface area (Å²) in [6.45, 7) is 5.31. The Labute approximate surface area is 112 Å². The summed E-state index contributed by atoms with van der Waals surface area (Å²) in [5.74, 6) is -1.03. The van der Waals surface area contributed by atoms with Gasteiger partial charge in [-0.3, -0.25) is 4.79 Å². The third-order valence-electron chi connectivity index (χ3n) is 3.23. The van der Waals surface area contributed by atoms with Gasteiger partial charge in [-0.25, -0.2) is 9.59 Å². The molecule has 0 saturated carbocycles. The summed E-state index contributed by atoms with van der Waals surface area (Å²) in [4.78, 5) is 37.4. The molecule has 7 heteroatoms. The van der Waals surface area contributed by atoms with Gasteiger partial charge in [0.2, 0.25) is 5.91 Å². The van der Waals surface area contributed by atoms with Crippen molar-refractivity contribution in [3.8, 4) is 0 Å². The summed E-state index contributed by atoms with van der Waals surface area (Å²) < 4.78 is 0. The summed E-state index contributed by atoms with van der Waals surface area (Å²) in [7, 11) is 0. The van der Waals surface area contributed by atoms with Crippen LogP contribution < -0.4 is 5.32 Å². The van der Waals surface area contributed by atoms with E-state index in [4.69, 9.17) is 5.11 Å². The number of urea groups is 1. The zero-order valence-corrected chi connectivity index (χ0v) is 11.4. The SMILES string of the molecule is CCC(NC(=O)N1CCCN(C(C)=O)CC1)C(=O)O. The number of carbonyl (C=O) groups excluding carboxylic acids is 2. The van der Waals surface area contributed by atoms with Gasteiger partial charge in [0.1, 0.15) is 6.04 Å². The molecule has 1 rings (SSSR count). The molecule has 0 radical (unpaired) electrons. The molecule has 3 amide bonds. The molecule has 19 heavy (non-hydrogen) atoms. The Morgan fingerprint density at radius 3 is 2.26 bits per heavy atom. The van der Waals surface area contributed by atoms with Crippen LogP contribution in [0, 0.1) is 0 Å². The molecular formula is C12H21N3O4. The molecule has 0 aliphatic carbocycles. The molecule has 0 aromatic heterocycles. The summed E-state index contributed by atoms with van der Waals surface area (Å²) in [6, 6.07) is -1.24. The Morgan fingerprint density at radius 1 is 1.16 bits per heavy atom. The van der Waals surface area contributed by atoms with Gasteiger partial charge in [0.05, 0.1) is 0 Å². The van der Waals surface area contributed by atoms with Crippen LogP contribution in [0.25, 0.3) is 0 Å². The number of carbonyl (C=O) groups is 3. The molecule has 0 bridgehead atoms. The lowest BCUT2D eigenvalue weighted by Crippen LogP contribution is -2.48. The van der Waals surface area contributed by atoms with Crippen LogP contribution in [-0.2, 0) is 9.59 Å². The monoisotopic (exact) mass is 271 g/mol. The van der Waals surface area contributed by atoms with Crippen LogP contribution in [0.4, 0.5) is 4.79 Å². The number of hydrogen-bond acceptors (Lipinski definition) is 3. The number of nitrogens with zero attached hydrogens (tertiary/aromatic N) is 2. The number of carboxylic acids is 1. The van der Waals surface area contributed by atoms with Crippen molar-refractivity contribution in [2.75, 3.05) is 26.2 Å². The maximum absolute atomic E-state index is 11.9. The van der Waals surface area contributed by atoms with Crippen molar-refractivity contribution >= 4 is 17.9 Å². The Kier molecular flexibility index (Phi) is 5.59. The second-order valence-electron chi connectivity index (χ2n) is 4.60. The average Bonchev–Trinajstić information content (AvgIpc) is 2.60. The first kappa shape index (κ1) is 15.3. The highest BCUT2D eigenvalue weighted by Crippen LogP contribution is 2.04. The van der Waals surface area contributed by atoms with Crippen molar-refractivity contribution < 1.29 is 19.5 Å². The van der Waals surface area contributed by atoms with E-state index < -0.39 is 12.0 Å². The quantitative estimate of drug-likeness (QED) is 0.762. The topological polar surface area (TPSA) is 90.0 Å². The van der Waals surface area contributed by atoms with Crippen LogP contribution >= 0.6 is 0 Å². The number of amides is 3.